The van der Waals surface area contributed by atoms with Crippen LogP contribution in [0.3, 0.4) is 0 Å². The number of thiazole rings is 1. The van der Waals surface area contributed by atoms with Crippen LogP contribution in [-0.4, -0.2) is 19.4 Å². The van der Waals surface area contributed by atoms with Gasteiger partial charge in [0.25, 0.3) is 5.56 Å². The van der Waals surface area contributed by atoms with Crippen molar-refractivity contribution in [3.05, 3.63) is 69.7 Å². The number of hydrogen-bond acceptors (Lipinski definition) is 5. The Kier molecular flexibility index (Phi) is 4.39. The monoisotopic (exact) mass is 426 g/mol. The summed E-state index contributed by atoms with van der Waals surface area (Å²) in [4.78, 5) is 24.9. The summed E-state index contributed by atoms with van der Waals surface area (Å²) < 4.78 is 54.4. The highest BCUT2D eigenvalue weighted by atomic mass is 35.5. The van der Waals surface area contributed by atoms with Crippen molar-refractivity contribution in [3.8, 4) is 21.8 Å². The Labute approximate surface area is 162 Å². The van der Waals surface area contributed by atoms with E-state index in [2.05, 4.69) is 15.0 Å². The molecule has 11 heteroatoms. The zero-order chi connectivity index (χ0) is 20.1. The first-order chi connectivity index (χ1) is 13.3. The molecule has 4 rings (SSSR count). The van der Waals surface area contributed by atoms with E-state index in [-0.39, 0.29) is 21.5 Å². The number of benzene rings is 1. The van der Waals surface area contributed by atoms with Crippen LogP contribution in [0.5, 0.6) is 0 Å². The predicted molar refractivity (Wildman–Crippen MR) is 95.8 cm³/mol. The highest BCUT2D eigenvalue weighted by Crippen LogP contribution is 2.40. The number of nitrogens with zero attached hydrogens (tertiary/aromatic N) is 4. The smallest absolute Gasteiger partial charge is 0.269 e. The van der Waals surface area contributed by atoms with E-state index in [9.17, 15) is 22.4 Å². The molecule has 0 saturated carbocycles. The molecule has 3 heterocycles. The summed E-state index contributed by atoms with van der Waals surface area (Å²) in [6.07, 6.45) is -2.23. The molecule has 0 atom stereocenters. The lowest BCUT2D eigenvalue weighted by Gasteiger charge is -2.11. The quantitative estimate of drug-likeness (QED) is 0.344. The van der Waals surface area contributed by atoms with Crippen LogP contribution in [0.4, 0.5) is 17.6 Å². The van der Waals surface area contributed by atoms with Crippen molar-refractivity contribution in [2.45, 2.75) is 6.18 Å². The molecule has 0 fully saturated rings. The minimum absolute atomic E-state index is 0.0141. The van der Waals surface area contributed by atoms with Crippen LogP contribution in [0.1, 0.15) is 5.56 Å². The summed E-state index contributed by atoms with van der Waals surface area (Å²) in [6, 6.07) is 5.20. The van der Waals surface area contributed by atoms with Gasteiger partial charge in [0.15, 0.2) is 4.96 Å². The van der Waals surface area contributed by atoms with Gasteiger partial charge in [-0.05, 0) is 35.9 Å². The topological polar surface area (TPSA) is 60.2 Å². The third kappa shape index (κ3) is 3.14. The van der Waals surface area contributed by atoms with E-state index in [4.69, 9.17) is 11.6 Å². The number of rotatable bonds is 2. The van der Waals surface area contributed by atoms with Gasteiger partial charge < -0.3 is 0 Å². The summed E-state index contributed by atoms with van der Waals surface area (Å²) in [5.74, 6) is -1.41. The van der Waals surface area contributed by atoms with Gasteiger partial charge in [-0.3, -0.25) is 9.20 Å². The molecular formula is C17H7ClF4N4OS. The van der Waals surface area contributed by atoms with Crippen molar-refractivity contribution >= 4 is 27.9 Å². The lowest BCUT2D eigenvalue weighted by atomic mass is 10.1. The molecule has 5 nitrogen and oxygen atoms in total. The van der Waals surface area contributed by atoms with Gasteiger partial charge in [0.1, 0.15) is 5.82 Å². The second-order valence-corrected chi connectivity index (χ2v) is 6.90. The van der Waals surface area contributed by atoms with E-state index >= 15 is 0 Å². The molecule has 0 aliphatic rings. The molecule has 0 amide bonds. The largest absolute Gasteiger partial charge is 0.419 e. The first-order valence-corrected chi connectivity index (χ1v) is 8.82. The molecule has 0 bridgehead atoms. The summed E-state index contributed by atoms with van der Waals surface area (Å²) >= 11 is 6.87. The summed E-state index contributed by atoms with van der Waals surface area (Å²) in [6.45, 7) is 0. The Balaban J connectivity index is 2.09. The molecule has 0 aliphatic heterocycles. The van der Waals surface area contributed by atoms with Crippen molar-refractivity contribution in [1.29, 1.82) is 0 Å². The van der Waals surface area contributed by atoms with Crippen LogP contribution in [0, 0.1) is 5.82 Å². The second kappa shape index (κ2) is 6.64. The van der Waals surface area contributed by atoms with E-state index in [0.717, 1.165) is 21.8 Å². The summed E-state index contributed by atoms with van der Waals surface area (Å²) in [5.41, 5.74) is -1.55. The molecular weight excluding hydrogens is 420 g/mol. The standard InChI is InChI=1S/C17H7ClF4N4OS/c18-15-23-5-3-11(25-15)14-13(26-12(27)4-6-24-16(26)28-14)8-1-2-10(19)9(7-8)17(20,21)22/h1-7H. The predicted octanol–water partition coefficient (Wildman–Crippen LogP) is 4.69. The number of alkyl halides is 3. The zero-order valence-electron chi connectivity index (χ0n) is 13.5. The molecule has 0 spiro atoms. The van der Waals surface area contributed by atoms with E-state index < -0.39 is 23.1 Å². The molecule has 0 radical (unpaired) electrons. The van der Waals surface area contributed by atoms with Gasteiger partial charge in [-0.25, -0.2) is 19.3 Å². The molecule has 0 N–H and O–H groups in total. The first-order valence-electron chi connectivity index (χ1n) is 7.62. The van der Waals surface area contributed by atoms with E-state index in [0.29, 0.717) is 22.7 Å². The molecule has 4 aromatic rings. The Hall–Kier alpha value is -2.85. The van der Waals surface area contributed by atoms with Gasteiger partial charge in [-0.2, -0.15) is 13.2 Å². The van der Waals surface area contributed by atoms with Gasteiger partial charge in [-0.15, -0.1) is 0 Å². The van der Waals surface area contributed by atoms with Gasteiger partial charge in [-0.1, -0.05) is 11.3 Å². The van der Waals surface area contributed by atoms with Crippen LogP contribution in [0.25, 0.3) is 26.8 Å². The van der Waals surface area contributed by atoms with E-state index in [1.807, 2.05) is 0 Å². The Morgan fingerprint density at radius 1 is 1.07 bits per heavy atom. The number of fused-ring (bicyclic) bond motifs is 1. The Morgan fingerprint density at radius 2 is 1.82 bits per heavy atom. The third-order valence-corrected chi connectivity index (χ3v) is 5.11. The fourth-order valence-electron chi connectivity index (χ4n) is 2.70. The lowest BCUT2D eigenvalue weighted by Crippen LogP contribution is -2.13. The van der Waals surface area contributed by atoms with Gasteiger partial charge >= 0.3 is 6.18 Å². The minimum atomic E-state index is -4.90. The van der Waals surface area contributed by atoms with Gasteiger partial charge in [0, 0.05) is 24.0 Å². The van der Waals surface area contributed by atoms with Gasteiger partial charge in [0.05, 0.1) is 21.8 Å². The average Bonchev–Trinajstić information content (AvgIpc) is 3.02. The normalized spacial score (nSPS) is 11.9. The van der Waals surface area contributed by atoms with E-state index in [1.54, 1.807) is 0 Å². The summed E-state index contributed by atoms with van der Waals surface area (Å²) in [5, 5.41) is -0.0729. The van der Waals surface area contributed by atoms with E-state index in [1.165, 1.54) is 24.5 Å². The molecule has 0 unspecified atom stereocenters. The second-order valence-electron chi connectivity index (χ2n) is 5.58. The fourth-order valence-corrected chi connectivity index (χ4v) is 3.94. The molecule has 0 aliphatic carbocycles. The average molecular weight is 427 g/mol. The molecule has 3 aromatic heterocycles. The number of aromatic nitrogens is 4. The number of hydrogen-bond donors (Lipinski definition) is 0. The van der Waals surface area contributed by atoms with Crippen molar-refractivity contribution in [2.75, 3.05) is 0 Å². The Morgan fingerprint density at radius 3 is 2.54 bits per heavy atom. The third-order valence-electron chi connectivity index (χ3n) is 3.85. The summed E-state index contributed by atoms with van der Waals surface area (Å²) in [7, 11) is 0. The van der Waals surface area contributed by atoms with Crippen molar-refractivity contribution in [2.24, 2.45) is 0 Å². The van der Waals surface area contributed by atoms with Crippen LogP contribution in [-0.2, 0) is 6.18 Å². The van der Waals surface area contributed by atoms with Crippen molar-refractivity contribution in [1.82, 2.24) is 19.4 Å². The molecule has 1 aromatic carbocycles. The van der Waals surface area contributed by atoms with Crippen molar-refractivity contribution in [3.63, 3.8) is 0 Å². The molecule has 142 valence electrons. The molecule has 0 saturated heterocycles. The van der Waals surface area contributed by atoms with Crippen LogP contribution >= 0.6 is 22.9 Å². The lowest BCUT2D eigenvalue weighted by molar-refractivity contribution is -0.139. The number of halogens is 5. The highest BCUT2D eigenvalue weighted by molar-refractivity contribution is 7.20. The first kappa shape index (κ1) is 18.5. The SMILES string of the molecule is O=c1ccnc2sc(-c3ccnc(Cl)n3)c(-c3ccc(F)c(C(F)(F)F)c3)n12. The maximum absolute atomic E-state index is 13.7. The van der Waals surface area contributed by atoms with Crippen LogP contribution in [0.15, 0.2) is 47.5 Å². The highest BCUT2D eigenvalue weighted by Gasteiger charge is 2.35. The fraction of sp³-hybridized carbons (Fsp3) is 0.0588. The minimum Gasteiger partial charge on any atom is -0.269 e. The maximum Gasteiger partial charge on any atom is 0.419 e. The van der Waals surface area contributed by atoms with Crippen LogP contribution < -0.4 is 5.56 Å². The van der Waals surface area contributed by atoms with Crippen LogP contribution in [0.2, 0.25) is 5.28 Å². The van der Waals surface area contributed by atoms with Crippen molar-refractivity contribution < 1.29 is 17.6 Å². The Bertz CT molecular complexity index is 1270. The zero-order valence-corrected chi connectivity index (χ0v) is 15.1. The molecule has 28 heavy (non-hydrogen) atoms. The van der Waals surface area contributed by atoms with Gasteiger partial charge in [0.2, 0.25) is 5.28 Å². The maximum atomic E-state index is 13.7.